The van der Waals surface area contributed by atoms with Crippen molar-refractivity contribution in [2.24, 2.45) is 0 Å². The molecule has 1 aliphatic rings. The Kier molecular flexibility index (Phi) is 5.65. The third kappa shape index (κ3) is 4.43. The fourth-order valence-electron chi connectivity index (χ4n) is 4.00. The summed E-state index contributed by atoms with van der Waals surface area (Å²) in [5, 5.41) is 8.74. The minimum Gasteiger partial charge on any atom is -0.354 e. The van der Waals surface area contributed by atoms with Crippen LogP contribution in [0, 0.1) is 6.92 Å². The molecule has 1 fully saturated rings. The van der Waals surface area contributed by atoms with Crippen molar-refractivity contribution in [1.82, 2.24) is 34.8 Å². The number of hydrogen-bond donors (Lipinski definition) is 0. The molecule has 0 radical (unpaired) electrons. The Morgan fingerprint density at radius 3 is 2.26 bits per heavy atom. The molecule has 0 unspecified atom stereocenters. The number of hydrogen-bond acceptors (Lipinski definition) is 8. The van der Waals surface area contributed by atoms with Crippen LogP contribution in [0.5, 0.6) is 0 Å². The first-order valence-electron chi connectivity index (χ1n) is 11.6. The van der Waals surface area contributed by atoms with Crippen molar-refractivity contribution in [2.45, 2.75) is 33.1 Å². The second kappa shape index (κ2) is 8.64. The van der Waals surface area contributed by atoms with Crippen LogP contribution in [-0.4, -0.2) is 68.0 Å². The second-order valence-corrected chi connectivity index (χ2v) is 9.81. The van der Waals surface area contributed by atoms with Gasteiger partial charge in [0, 0.05) is 31.7 Å². The van der Waals surface area contributed by atoms with Gasteiger partial charge in [0.1, 0.15) is 11.6 Å². The number of piperazine rings is 1. The monoisotopic (exact) mass is 458 g/mol. The molecule has 9 heteroatoms. The molecule has 1 aromatic carbocycles. The fraction of sp³-hybridized carbons (Fsp3) is 0.400. The maximum absolute atomic E-state index is 5.49. The quantitative estimate of drug-likeness (QED) is 0.457. The van der Waals surface area contributed by atoms with E-state index in [0.29, 0.717) is 17.5 Å². The second-order valence-electron chi connectivity index (χ2n) is 9.81. The zero-order valence-electron chi connectivity index (χ0n) is 20.4. The van der Waals surface area contributed by atoms with Crippen LogP contribution >= 0.6 is 0 Å². The molecule has 4 aromatic rings. The van der Waals surface area contributed by atoms with Crippen LogP contribution in [-0.2, 0) is 5.41 Å². The van der Waals surface area contributed by atoms with Gasteiger partial charge in [-0.3, -0.25) is 0 Å². The summed E-state index contributed by atoms with van der Waals surface area (Å²) in [6, 6.07) is 12.3. The molecule has 1 aliphatic heterocycles. The van der Waals surface area contributed by atoms with Gasteiger partial charge in [-0.2, -0.15) is 4.98 Å². The van der Waals surface area contributed by atoms with E-state index < -0.39 is 0 Å². The number of rotatable bonds is 4. The highest BCUT2D eigenvalue weighted by Gasteiger charge is 2.19. The Morgan fingerprint density at radius 1 is 0.882 bits per heavy atom. The van der Waals surface area contributed by atoms with E-state index in [9.17, 15) is 0 Å². The van der Waals surface area contributed by atoms with Gasteiger partial charge in [0.05, 0.1) is 11.9 Å². The minimum absolute atomic E-state index is 0.0901. The van der Waals surface area contributed by atoms with E-state index in [1.807, 2.05) is 37.4 Å². The smallest absolute Gasteiger partial charge is 0.297 e. The summed E-state index contributed by atoms with van der Waals surface area (Å²) >= 11 is 0. The van der Waals surface area contributed by atoms with Gasteiger partial charge in [-0.15, -0.1) is 5.10 Å². The highest BCUT2D eigenvalue weighted by atomic mass is 16.5. The molecule has 176 valence electrons. The number of aryl methyl sites for hydroxylation is 1. The van der Waals surface area contributed by atoms with Crippen molar-refractivity contribution in [1.29, 1.82) is 0 Å². The average molecular weight is 459 g/mol. The van der Waals surface area contributed by atoms with Crippen LogP contribution in [0.3, 0.4) is 0 Å². The molecule has 0 aliphatic carbocycles. The van der Waals surface area contributed by atoms with Gasteiger partial charge in [-0.25, -0.2) is 14.6 Å². The normalized spacial score (nSPS) is 15.1. The van der Waals surface area contributed by atoms with Crippen molar-refractivity contribution < 1.29 is 4.52 Å². The van der Waals surface area contributed by atoms with Gasteiger partial charge >= 0.3 is 0 Å². The fourth-order valence-corrected chi connectivity index (χ4v) is 4.00. The first-order valence-corrected chi connectivity index (χ1v) is 11.6. The molecular weight excluding hydrogens is 428 g/mol. The Bertz CT molecular complexity index is 1260. The van der Waals surface area contributed by atoms with Gasteiger partial charge in [0.25, 0.3) is 5.89 Å². The van der Waals surface area contributed by atoms with Gasteiger partial charge in [0.2, 0.25) is 11.6 Å². The maximum atomic E-state index is 5.49. The lowest BCUT2D eigenvalue weighted by Gasteiger charge is -2.33. The van der Waals surface area contributed by atoms with Crippen molar-refractivity contribution in [3.05, 3.63) is 54.0 Å². The van der Waals surface area contributed by atoms with Crippen molar-refractivity contribution in [3.63, 3.8) is 0 Å². The average Bonchev–Trinajstić information content (AvgIpc) is 3.46. The first kappa shape index (κ1) is 22.2. The van der Waals surface area contributed by atoms with E-state index in [-0.39, 0.29) is 5.41 Å². The van der Waals surface area contributed by atoms with E-state index in [1.165, 1.54) is 5.56 Å². The first-order chi connectivity index (χ1) is 16.3. The summed E-state index contributed by atoms with van der Waals surface area (Å²) in [7, 11) is 2.15. The van der Waals surface area contributed by atoms with Crippen LogP contribution in [0.4, 0.5) is 5.82 Å². The van der Waals surface area contributed by atoms with Crippen LogP contribution in [0.2, 0.25) is 0 Å². The van der Waals surface area contributed by atoms with Crippen LogP contribution < -0.4 is 4.90 Å². The molecule has 0 atom stereocenters. The van der Waals surface area contributed by atoms with E-state index in [0.717, 1.165) is 49.1 Å². The molecule has 0 bridgehead atoms. The number of anilines is 1. The molecule has 5 rings (SSSR count). The molecule has 0 amide bonds. The van der Waals surface area contributed by atoms with Crippen molar-refractivity contribution >= 4 is 5.82 Å². The lowest BCUT2D eigenvalue weighted by atomic mass is 9.87. The molecule has 0 N–H and O–H groups in total. The third-order valence-corrected chi connectivity index (χ3v) is 6.20. The minimum atomic E-state index is 0.0901. The summed E-state index contributed by atoms with van der Waals surface area (Å²) in [6.07, 6.45) is 1.83. The molecule has 34 heavy (non-hydrogen) atoms. The van der Waals surface area contributed by atoms with Gasteiger partial charge in [-0.1, -0.05) is 50.2 Å². The van der Waals surface area contributed by atoms with Gasteiger partial charge < -0.3 is 14.3 Å². The number of aromatic nitrogens is 6. The lowest BCUT2D eigenvalue weighted by molar-refractivity contribution is 0.312. The molecule has 0 saturated carbocycles. The van der Waals surface area contributed by atoms with Crippen LogP contribution in [0.15, 0.2) is 47.1 Å². The largest absolute Gasteiger partial charge is 0.354 e. The number of nitrogens with zero attached hydrogens (tertiary/aromatic N) is 8. The predicted molar refractivity (Wildman–Crippen MR) is 131 cm³/mol. The molecule has 4 heterocycles. The maximum Gasteiger partial charge on any atom is 0.297 e. The summed E-state index contributed by atoms with van der Waals surface area (Å²) < 4.78 is 7.24. The van der Waals surface area contributed by atoms with Crippen LogP contribution in [0.25, 0.3) is 28.8 Å². The molecular formula is C25H30N8O. The molecule has 9 nitrogen and oxygen atoms in total. The predicted octanol–water partition coefficient (Wildman–Crippen LogP) is 3.74. The lowest BCUT2D eigenvalue weighted by Crippen LogP contribution is -2.44. The molecule has 0 spiro atoms. The third-order valence-electron chi connectivity index (χ3n) is 6.20. The van der Waals surface area contributed by atoms with Crippen molar-refractivity contribution in [2.75, 3.05) is 38.1 Å². The molecule has 3 aromatic heterocycles. The summed E-state index contributed by atoms with van der Waals surface area (Å²) in [5.41, 5.74) is 3.07. The topological polar surface area (TPSA) is 89.0 Å². The Balaban J connectivity index is 1.34. The van der Waals surface area contributed by atoms with E-state index >= 15 is 0 Å². The number of benzene rings is 1. The highest BCUT2D eigenvalue weighted by molar-refractivity contribution is 5.57. The zero-order chi connectivity index (χ0) is 23.9. The van der Waals surface area contributed by atoms with Gasteiger partial charge in [-0.05, 0) is 37.1 Å². The highest BCUT2D eigenvalue weighted by Crippen LogP contribution is 2.26. The Labute approximate surface area is 199 Å². The Hall–Kier alpha value is -3.59. The van der Waals surface area contributed by atoms with Crippen molar-refractivity contribution in [3.8, 4) is 28.8 Å². The van der Waals surface area contributed by atoms with E-state index in [4.69, 9.17) is 4.52 Å². The number of pyridine rings is 1. The summed E-state index contributed by atoms with van der Waals surface area (Å²) in [6.45, 7) is 12.5. The summed E-state index contributed by atoms with van der Waals surface area (Å²) in [4.78, 5) is 18.4. The molecule has 1 saturated heterocycles. The summed E-state index contributed by atoms with van der Waals surface area (Å²) in [5.74, 6) is 2.90. The van der Waals surface area contributed by atoms with E-state index in [1.54, 1.807) is 4.68 Å². The van der Waals surface area contributed by atoms with Gasteiger partial charge in [0.15, 0.2) is 0 Å². The number of likely N-dealkylation sites (N-methyl/N-ethyl adjacent to an activating group) is 1. The zero-order valence-corrected chi connectivity index (χ0v) is 20.4. The van der Waals surface area contributed by atoms with E-state index in [2.05, 4.69) is 75.0 Å². The Morgan fingerprint density at radius 2 is 1.62 bits per heavy atom. The SMILES string of the molecule is Cc1nc(-c2nc(-c3ccc(C(C)(C)C)cc3)no2)nn1-c1ccc(N2CCN(C)CC2)nc1. The standard InChI is InChI=1S/C25H30N8O/c1-17-27-23(24-28-22(30-34-24)18-6-8-19(9-7-18)25(2,3)4)29-33(17)20-10-11-21(26-16-20)32-14-12-31(5)13-15-32/h6-11,16H,12-15H2,1-5H3. The van der Waals surface area contributed by atoms with Crippen LogP contribution in [0.1, 0.15) is 32.2 Å².